The van der Waals surface area contributed by atoms with Crippen LogP contribution in [0.3, 0.4) is 0 Å². The van der Waals surface area contributed by atoms with Gasteiger partial charge in [0.2, 0.25) is 11.9 Å². The van der Waals surface area contributed by atoms with Crippen LogP contribution in [-0.2, 0) is 14.8 Å². The number of unbranched alkanes of at least 4 members (excludes halogenated alkanes) is 2. The Kier molecular flexibility index (Phi) is 6.68. The summed E-state index contributed by atoms with van der Waals surface area (Å²) in [7, 11) is -3.80. The molecule has 8 heteroatoms. The first-order valence-electron chi connectivity index (χ1n) is 8.55. The average Bonchev–Trinajstić information content (AvgIpc) is 2.54. The van der Waals surface area contributed by atoms with E-state index >= 15 is 0 Å². The highest BCUT2D eigenvalue weighted by atomic mass is 32.2. The van der Waals surface area contributed by atoms with E-state index in [1.807, 2.05) is 0 Å². The number of rotatable bonds is 8. The summed E-state index contributed by atoms with van der Waals surface area (Å²) in [4.78, 5) is 20.0. The topological polar surface area (TPSA) is 101 Å². The predicted molar refractivity (Wildman–Crippen MR) is 102 cm³/mol. The molecule has 0 saturated heterocycles. The van der Waals surface area contributed by atoms with Crippen LogP contribution in [0.1, 0.15) is 44.0 Å². The van der Waals surface area contributed by atoms with Crippen molar-refractivity contribution in [1.29, 1.82) is 0 Å². The molecule has 0 aliphatic rings. The van der Waals surface area contributed by atoms with Gasteiger partial charge >= 0.3 is 0 Å². The molecule has 0 atom stereocenters. The fourth-order valence-electron chi connectivity index (χ4n) is 2.43. The van der Waals surface area contributed by atoms with Crippen LogP contribution in [0.2, 0.25) is 0 Å². The molecule has 0 bridgehead atoms. The molecule has 26 heavy (non-hydrogen) atoms. The molecule has 2 rings (SSSR count). The number of nitrogens with zero attached hydrogens (tertiary/aromatic N) is 2. The van der Waals surface area contributed by atoms with Gasteiger partial charge < -0.3 is 5.32 Å². The molecule has 7 nitrogen and oxygen atoms in total. The molecule has 0 aliphatic carbocycles. The number of aromatic nitrogens is 2. The molecule has 0 unspecified atom stereocenters. The van der Waals surface area contributed by atoms with Crippen molar-refractivity contribution in [3.63, 3.8) is 0 Å². The zero-order valence-electron chi connectivity index (χ0n) is 15.2. The lowest BCUT2D eigenvalue weighted by molar-refractivity contribution is -0.116. The Morgan fingerprint density at radius 1 is 1.04 bits per heavy atom. The Morgan fingerprint density at radius 2 is 1.65 bits per heavy atom. The van der Waals surface area contributed by atoms with E-state index < -0.39 is 10.0 Å². The fourth-order valence-corrected chi connectivity index (χ4v) is 3.37. The van der Waals surface area contributed by atoms with Crippen LogP contribution in [0.15, 0.2) is 35.2 Å². The van der Waals surface area contributed by atoms with Crippen molar-refractivity contribution in [3.8, 4) is 0 Å². The van der Waals surface area contributed by atoms with Crippen molar-refractivity contribution in [3.05, 3.63) is 41.7 Å². The Morgan fingerprint density at radius 3 is 2.23 bits per heavy atom. The Bertz CT molecular complexity index is 844. The van der Waals surface area contributed by atoms with Crippen molar-refractivity contribution >= 4 is 27.6 Å². The molecule has 1 heterocycles. The lowest BCUT2D eigenvalue weighted by Gasteiger charge is -2.09. The molecular formula is C18H24N4O3S. The van der Waals surface area contributed by atoms with Crippen LogP contribution in [0, 0.1) is 13.8 Å². The van der Waals surface area contributed by atoms with Gasteiger partial charge in [-0.1, -0.05) is 19.8 Å². The van der Waals surface area contributed by atoms with Crippen LogP contribution in [0.25, 0.3) is 0 Å². The minimum atomic E-state index is -3.80. The van der Waals surface area contributed by atoms with Gasteiger partial charge in [-0.2, -0.15) is 0 Å². The summed E-state index contributed by atoms with van der Waals surface area (Å²) < 4.78 is 27.3. The number of hydrogen-bond donors (Lipinski definition) is 2. The van der Waals surface area contributed by atoms with Crippen molar-refractivity contribution in [2.24, 2.45) is 0 Å². The largest absolute Gasteiger partial charge is 0.326 e. The van der Waals surface area contributed by atoms with Gasteiger partial charge in [0.1, 0.15) is 0 Å². The number of nitrogens with one attached hydrogen (secondary N) is 2. The van der Waals surface area contributed by atoms with Gasteiger partial charge in [-0.15, -0.1) is 0 Å². The number of hydrogen-bond acceptors (Lipinski definition) is 5. The molecule has 0 spiro atoms. The van der Waals surface area contributed by atoms with Gasteiger partial charge in [0.25, 0.3) is 10.0 Å². The van der Waals surface area contributed by atoms with Crippen LogP contribution >= 0.6 is 0 Å². The summed E-state index contributed by atoms with van der Waals surface area (Å²) in [5, 5.41) is 2.77. The average molecular weight is 376 g/mol. The Balaban J connectivity index is 2.05. The van der Waals surface area contributed by atoms with E-state index in [2.05, 4.69) is 26.9 Å². The Labute approximate surface area is 154 Å². The van der Waals surface area contributed by atoms with E-state index in [1.54, 1.807) is 32.0 Å². The number of benzene rings is 1. The molecule has 0 fully saturated rings. The molecule has 140 valence electrons. The van der Waals surface area contributed by atoms with Crippen molar-refractivity contribution in [2.75, 3.05) is 10.0 Å². The smallest absolute Gasteiger partial charge is 0.264 e. The molecule has 0 aliphatic heterocycles. The number of amides is 1. The number of aryl methyl sites for hydroxylation is 2. The SMILES string of the molecule is CCCCCC(=O)Nc1ccc(S(=O)(=O)Nc2nc(C)cc(C)n2)cc1. The highest BCUT2D eigenvalue weighted by Crippen LogP contribution is 2.17. The molecule has 2 aromatic rings. The zero-order chi connectivity index (χ0) is 19.2. The van der Waals surface area contributed by atoms with Gasteiger partial charge in [0, 0.05) is 23.5 Å². The minimum Gasteiger partial charge on any atom is -0.326 e. The predicted octanol–water partition coefficient (Wildman–Crippen LogP) is 3.41. The maximum Gasteiger partial charge on any atom is 0.264 e. The first kappa shape index (κ1) is 19.8. The molecule has 0 saturated carbocycles. The summed E-state index contributed by atoms with van der Waals surface area (Å²) in [6, 6.07) is 7.76. The third-order valence-electron chi connectivity index (χ3n) is 3.66. The highest BCUT2D eigenvalue weighted by Gasteiger charge is 2.16. The van der Waals surface area contributed by atoms with E-state index in [9.17, 15) is 13.2 Å². The maximum atomic E-state index is 12.5. The summed E-state index contributed by atoms with van der Waals surface area (Å²) >= 11 is 0. The quantitative estimate of drug-likeness (QED) is 0.688. The fraction of sp³-hybridized carbons (Fsp3) is 0.389. The van der Waals surface area contributed by atoms with Crippen LogP contribution in [0.5, 0.6) is 0 Å². The van der Waals surface area contributed by atoms with Crippen molar-refractivity contribution in [2.45, 2.75) is 51.3 Å². The molecule has 2 N–H and O–H groups in total. The van der Waals surface area contributed by atoms with E-state index in [0.29, 0.717) is 23.5 Å². The lowest BCUT2D eigenvalue weighted by atomic mass is 10.2. The summed E-state index contributed by atoms with van der Waals surface area (Å²) in [5.74, 6) is -0.0355. The standard InChI is InChI=1S/C18H24N4O3S/c1-4-5-6-7-17(23)21-15-8-10-16(11-9-15)26(24,25)22-18-19-13(2)12-14(3)20-18/h8-12H,4-7H2,1-3H3,(H,21,23)(H,19,20,22). The van der Waals surface area contributed by atoms with Crippen LogP contribution < -0.4 is 10.0 Å². The van der Waals surface area contributed by atoms with Gasteiger partial charge in [-0.25, -0.2) is 23.1 Å². The van der Waals surface area contributed by atoms with E-state index in [4.69, 9.17) is 0 Å². The summed E-state index contributed by atoms with van der Waals surface area (Å²) in [6.07, 6.45) is 3.36. The minimum absolute atomic E-state index is 0.0378. The van der Waals surface area contributed by atoms with Gasteiger partial charge in [0.05, 0.1) is 4.90 Å². The van der Waals surface area contributed by atoms with Crippen molar-refractivity contribution in [1.82, 2.24) is 9.97 Å². The van der Waals surface area contributed by atoms with Gasteiger partial charge in [-0.05, 0) is 50.6 Å². The van der Waals surface area contributed by atoms with Gasteiger partial charge in [-0.3, -0.25) is 4.79 Å². The normalized spacial score (nSPS) is 11.2. The molecular weight excluding hydrogens is 352 g/mol. The maximum absolute atomic E-state index is 12.5. The van der Waals surface area contributed by atoms with Gasteiger partial charge in [0.15, 0.2) is 0 Å². The second-order valence-electron chi connectivity index (χ2n) is 6.11. The molecule has 1 aromatic carbocycles. The van der Waals surface area contributed by atoms with Crippen LogP contribution in [-0.4, -0.2) is 24.3 Å². The summed E-state index contributed by atoms with van der Waals surface area (Å²) in [5.41, 5.74) is 1.92. The second kappa shape index (κ2) is 8.75. The van der Waals surface area contributed by atoms with E-state index in [-0.39, 0.29) is 16.8 Å². The number of sulfonamides is 1. The lowest BCUT2D eigenvalue weighted by Crippen LogP contribution is -2.16. The highest BCUT2D eigenvalue weighted by molar-refractivity contribution is 7.92. The third-order valence-corrected chi connectivity index (χ3v) is 5.01. The molecule has 1 amide bonds. The number of carbonyl (C=O) groups excluding carboxylic acids is 1. The molecule has 0 radical (unpaired) electrons. The van der Waals surface area contributed by atoms with Crippen molar-refractivity contribution < 1.29 is 13.2 Å². The third kappa shape index (κ3) is 5.80. The zero-order valence-corrected chi connectivity index (χ0v) is 16.1. The number of anilines is 2. The van der Waals surface area contributed by atoms with E-state index in [0.717, 1.165) is 19.3 Å². The number of carbonyl (C=O) groups is 1. The monoisotopic (exact) mass is 376 g/mol. The Hall–Kier alpha value is -2.48. The first-order chi connectivity index (χ1) is 12.3. The van der Waals surface area contributed by atoms with E-state index in [1.165, 1.54) is 12.1 Å². The van der Waals surface area contributed by atoms with Crippen LogP contribution in [0.4, 0.5) is 11.6 Å². The molecule has 1 aromatic heterocycles. The second-order valence-corrected chi connectivity index (χ2v) is 7.79. The first-order valence-corrected chi connectivity index (χ1v) is 10.0. The summed E-state index contributed by atoms with van der Waals surface area (Å²) in [6.45, 7) is 5.61.